The van der Waals surface area contributed by atoms with Crippen LogP contribution < -0.4 is 4.74 Å². The van der Waals surface area contributed by atoms with Gasteiger partial charge in [0.15, 0.2) is 0 Å². The molecule has 2 aromatic rings. The molecular formula is C21H22F2N2O3. The summed E-state index contributed by atoms with van der Waals surface area (Å²) in [6.45, 7) is 3.75. The van der Waals surface area contributed by atoms with Gasteiger partial charge in [-0.25, -0.2) is 8.78 Å². The highest BCUT2D eigenvalue weighted by atomic mass is 19.1. The summed E-state index contributed by atoms with van der Waals surface area (Å²) in [5.41, 5.74) is 0.875. The lowest BCUT2D eigenvalue weighted by molar-refractivity contribution is 0.0119. The molecule has 0 atom stereocenters. The fourth-order valence-corrected chi connectivity index (χ4v) is 3.49. The van der Waals surface area contributed by atoms with Gasteiger partial charge >= 0.3 is 0 Å². The fourth-order valence-electron chi connectivity index (χ4n) is 3.49. The van der Waals surface area contributed by atoms with Gasteiger partial charge in [0, 0.05) is 38.3 Å². The molecule has 2 aliphatic heterocycles. The second kappa shape index (κ2) is 8.24. The van der Waals surface area contributed by atoms with Crippen LogP contribution in [0.25, 0.3) is 0 Å². The third-order valence-corrected chi connectivity index (χ3v) is 5.03. The van der Waals surface area contributed by atoms with Crippen molar-refractivity contribution in [2.45, 2.75) is 12.6 Å². The molecule has 2 fully saturated rings. The van der Waals surface area contributed by atoms with Crippen molar-refractivity contribution >= 4 is 5.91 Å². The smallest absolute Gasteiger partial charge is 0.257 e. The minimum atomic E-state index is -0.444. The van der Waals surface area contributed by atoms with Gasteiger partial charge in [0.1, 0.15) is 23.5 Å². The highest BCUT2D eigenvalue weighted by Gasteiger charge is 2.30. The van der Waals surface area contributed by atoms with Gasteiger partial charge in [-0.2, -0.15) is 0 Å². The molecule has 0 aromatic heterocycles. The second-order valence-electron chi connectivity index (χ2n) is 7.07. The molecule has 0 N–H and O–H groups in total. The maximum atomic E-state index is 13.8. The molecule has 1 amide bonds. The zero-order valence-corrected chi connectivity index (χ0v) is 15.4. The lowest BCUT2D eigenvalue weighted by Crippen LogP contribution is -2.53. The van der Waals surface area contributed by atoms with Gasteiger partial charge in [-0.3, -0.25) is 9.69 Å². The predicted octanol–water partition coefficient (Wildman–Crippen LogP) is 2.70. The van der Waals surface area contributed by atoms with Crippen LogP contribution in [0.4, 0.5) is 8.78 Å². The average Bonchev–Trinajstić information content (AvgIpc) is 2.69. The normalized spacial score (nSPS) is 18.0. The molecule has 2 saturated heterocycles. The standard InChI is InChI=1S/C21H22F2N2O3/c22-16-5-6-19(23)15(11-16)12-24-13-17(14-24)28-20-4-2-1-3-18(20)21(26)25-7-9-27-10-8-25/h1-6,11,17H,7-10,12-14H2. The van der Waals surface area contributed by atoms with E-state index in [2.05, 4.69) is 0 Å². The number of para-hydroxylation sites is 1. The number of likely N-dealkylation sites (tertiary alicyclic amines) is 1. The van der Waals surface area contributed by atoms with E-state index in [4.69, 9.17) is 9.47 Å². The number of carbonyl (C=O) groups is 1. The fraction of sp³-hybridized carbons (Fsp3) is 0.381. The Balaban J connectivity index is 1.36. The molecule has 28 heavy (non-hydrogen) atoms. The molecule has 0 unspecified atom stereocenters. The Morgan fingerprint density at radius 2 is 1.86 bits per heavy atom. The minimum Gasteiger partial charge on any atom is -0.487 e. The van der Waals surface area contributed by atoms with E-state index in [1.165, 1.54) is 6.07 Å². The monoisotopic (exact) mass is 388 g/mol. The molecule has 5 nitrogen and oxygen atoms in total. The summed E-state index contributed by atoms with van der Waals surface area (Å²) >= 11 is 0. The Kier molecular flexibility index (Phi) is 5.54. The van der Waals surface area contributed by atoms with E-state index in [-0.39, 0.29) is 12.0 Å². The van der Waals surface area contributed by atoms with E-state index in [1.54, 1.807) is 17.0 Å². The van der Waals surface area contributed by atoms with Crippen LogP contribution in [0, 0.1) is 11.6 Å². The molecule has 2 heterocycles. The zero-order valence-electron chi connectivity index (χ0n) is 15.4. The number of amides is 1. The molecule has 0 aliphatic carbocycles. The summed E-state index contributed by atoms with van der Waals surface area (Å²) in [5, 5.41) is 0. The first-order valence-corrected chi connectivity index (χ1v) is 9.39. The van der Waals surface area contributed by atoms with Crippen LogP contribution in [0.3, 0.4) is 0 Å². The Morgan fingerprint density at radius 1 is 1.11 bits per heavy atom. The van der Waals surface area contributed by atoms with Crippen LogP contribution in [0.2, 0.25) is 0 Å². The van der Waals surface area contributed by atoms with E-state index >= 15 is 0 Å². The first-order chi connectivity index (χ1) is 13.6. The first kappa shape index (κ1) is 18.8. The van der Waals surface area contributed by atoms with Crippen LogP contribution in [-0.4, -0.2) is 61.2 Å². The number of halogens is 2. The third-order valence-electron chi connectivity index (χ3n) is 5.03. The van der Waals surface area contributed by atoms with Gasteiger partial charge in [0.2, 0.25) is 0 Å². The predicted molar refractivity (Wildman–Crippen MR) is 99.2 cm³/mol. The molecule has 148 valence electrons. The van der Waals surface area contributed by atoms with Crippen LogP contribution in [-0.2, 0) is 11.3 Å². The summed E-state index contributed by atoms with van der Waals surface area (Å²) in [6, 6.07) is 10.7. The Hall–Kier alpha value is -2.51. The van der Waals surface area contributed by atoms with Crippen LogP contribution >= 0.6 is 0 Å². The van der Waals surface area contributed by atoms with E-state index in [0.29, 0.717) is 62.8 Å². The van der Waals surface area contributed by atoms with Gasteiger partial charge < -0.3 is 14.4 Å². The van der Waals surface area contributed by atoms with Crippen molar-refractivity contribution in [1.29, 1.82) is 0 Å². The van der Waals surface area contributed by atoms with E-state index < -0.39 is 11.6 Å². The third kappa shape index (κ3) is 4.15. The number of carbonyl (C=O) groups excluding carboxylic acids is 1. The number of hydrogen-bond acceptors (Lipinski definition) is 4. The molecule has 0 spiro atoms. The lowest BCUT2D eigenvalue weighted by Gasteiger charge is -2.39. The number of rotatable bonds is 5. The number of ether oxygens (including phenoxy) is 2. The van der Waals surface area contributed by atoms with Gasteiger partial charge in [-0.1, -0.05) is 12.1 Å². The van der Waals surface area contributed by atoms with Crippen molar-refractivity contribution < 1.29 is 23.0 Å². The highest BCUT2D eigenvalue weighted by molar-refractivity contribution is 5.97. The van der Waals surface area contributed by atoms with E-state index in [0.717, 1.165) is 12.1 Å². The zero-order chi connectivity index (χ0) is 19.5. The minimum absolute atomic E-state index is 0.0584. The molecule has 0 radical (unpaired) electrons. The van der Waals surface area contributed by atoms with Crippen LogP contribution in [0.15, 0.2) is 42.5 Å². The van der Waals surface area contributed by atoms with Crippen LogP contribution in [0.1, 0.15) is 15.9 Å². The van der Waals surface area contributed by atoms with Crippen molar-refractivity contribution in [2.24, 2.45) is 0 Å². The second-order valence-corrected chi connectivity index (χ2v) is 7.07. The Morgan fingerprint density at radius 3 is 2.64 bits per heavy atom. The molecule has 4 rings (SSSR count). The first-order valence-electron chi connectivity index (χ1n) is 9.39. The SMILES string of the molecule is O=C(c1ccccc1OC1CN(Cc2cc(F)ccc2F)C1)N1CCOCC1. The summed E-state index contributed by atoms with van der Waals surface area (Å²) in [5.74, 6) is -0.356. The van der Waals surface area contributed by atoms with Crippen molar-refractivity contribution in [3.8, 4) is 5.75 Å². The molecular weight excluding hydrogens is 366 g/mol. The average molecular weight is 388 g/mol. The molecule has 0 bridgehead atoms. The Bertz CT molecular complexity index is 849. The van der Waals surface area contributed by atoms with Crippen molar-refractivity contribution in [2.75, 3.05) is 39.4 Å². The number of hydrogen-bond donors (Lipinski definition) is 0. The highest BCUT2D eigenvalue weighted by Crippen LogP contribution is 2.25. The molecule has 2 aliphatic rings. The maximum Gasteiger partial charge on any atom is 0.257 e. The van der Waals surface area contributed by atoms with Crippen LogP contribution in [0.5, 0.6) is 5.75 Å². The van der Waals surface area contributed by atoms with Gasteiger partial charge in [0.25, 0.3) is 5.91 Å². The number of benzene rings is 2. The number of nitrogens with zero attached hydrogens (tertiary/aromatic N) is 2. The van der Waals surface area contributed by atoms with Gasteiger partial charge in [-0.15, -0.1) is 0 Å². The maximum absolute atomic E-state index is 13.8. The summed E-state index contributed by atoms with van der Waals surface area (Å²) in [4.78, 5) is 16.5. The van der Waals surface area contributed by atoms with E-state index in [1.807, 2.05) is 17.0 Å². The largest absolute Gasteiger partial charge is 0.487 e. The van der Waals surface area contributed by atoms with Crippen molar-refractivity contribution in [3.63, 3.8) is 0 Å². The topological polar surface area (TPSA) is 42.0 Å². The molecule has 7 heteroatoms. The quantitative estimate of drug-likeness (QED) is 0.790. The van der Waals surface area contributed by atoms with E-state index in [9.17, 15) is 13.6 Å². The summed E-state index contributed by atoms with van der Waals surface area (Å²) in [7, 11) is 0. The van der Waals surface area contributed by atoms with Gasteiger partial charge in [0.05, 0.1) is 18.8 Å². The molecule has 0 saturated carbocycles. The van der Waals surface area contributed by atoms with Crippen molar-refractivity contribution in [3.05, 3.63) is 65.2 Å². The lowest BCUT2D eigenvalue weighted by atomic mass is 10.1. The summed E-state index contributed by atoms with van der Waals surface area (Å²) in [6.07, 6.45) is -0.0877. The van der Waals surface area contributed by atoms with Crippen molar-refractivity contribution in [1.82, 2.24) is 9.80 Å². The van der Waals surface area contributed by atoms with Gasteiger partial charge in [-0.05, 0) is 30.3 Å². The number of morpholine rings is 1. The summed E-state index contributed by atoms with van der Waals surface area (Å²) < 4.78 is 38.4. The molecule has 2 aromatic carbocycles. The Labute approximate surface area is 162 Å².